The van der Waals surface area contributed by atoms with Crippen molar-refractivity contribution in [2.24, 2.45) is 0 Å². The van der Waals surface area contributed by atoms with Gasteiger partial charge in [0.1, 0.15) is 30.2 Å². The van der Waals surface area contributed by atoms with Gasteiger partial charge >= 0.3 is 12.1 Å². The van der Waals surface area contributed by atoms with Crippen LogP contribution in [0.2, 0.25) is 5.02 Å². The van der Waals surface area contributed by atoms with Gasteiger partial charge in [-0.3, -0.25) is 9.36 Å². The van der Waals surface area contributed by atoms with Crippen LogP contribution >= 0.6 is 11.6 Å². The lowest BCUT2D eigenvalue weighted by Crippen LogP contribution is -2.47. The fourth-order valence-electron chi connectivity index (χ4n) is 4.22. The van der Waals surface area contributed by atoms with E-state index in [1.807, 2.05) is 0 Å². The van der Waals surface area contributed by atoms with Crippen LogP contribution in [0.1, 0.15) is 26.7 Å². The number of nitrogens with one attached hydrogen (secondary N) is 2. The number of anilines is 1. The summed E-state index contributed by atoms with van der Waals surface area (Å²) in [6.07, 6.45) is 2.43. The minimum atomic E-state index is -0.642. The van der Waals surface area contributed by atoms with Crippen LogP contribution in [0.5, 0.6) is 11.8 Å². The Morgan fingerprint density at radius 1 is 1.22 bits per heavy atom. The lowest BCUT2D eigenvalue weighted by molar-refractivity contribution is -0.116. The van der Waals surface area contributed by atoms with E-state index >= 15 is 0 Å². The quantitative estimate of drug-likeness (QED) is 0.385. The zero-order chi connectivity index (χ0) is 26.4. The number of hydrogen-bond acceptors (Lipinski definition) is 8. The van der Waals surface area contributed by atoms with E-state index in [2.05, 4.69) is 39.3 Å². The van der Waals surface area contributed by atoms with Crippen molar-refractivity contribution in [3.63, 3.8) is 0 Å². The van der Waals surface area contributed by atoms with E-state index in [1.54, 1.807) is 30.3 Å². The summed E-state index contributed by atoms with van der Waals surface area (Å²) >= 11 is 5.87. The van der Waals surface area contributed by atoms with E-state index < -0.39 is 12.0 Å². The maximum atomic E-state index is 12.8. The first-order chi connectivity index (χ1) is 17.8. The fourth-order valence-corrected chi connectivity index (χ4v) is 4.33. The molecule has 0 saturated carbocycles. The highest BCUT2D eigenvalue weighted by Crippen LogP contribution is 2.29. The number of fused-ring (bicyclic) bond motifs is 1. The lowest BCUT2D eigenvalue weighted by atomic mass is 10.0. The second kappa shape index (κ2) is 12.2. The Morgan fingerprint density at radius 2 is 2.00 bits per heavy atom. The van der Waals surface area contributed by atoms with Crippen molar-refractivity contribution in [3.05, 3.63) is 41.6 Å². The topological polar surface area (TPSA) is 131 Å². The zero-order valence-corrected chi connectivity index (χ0v) is 21.6. The summed E-state index contributed by atoms with van der Waals surface area (Å²) in [6, 6.07) is 8.78. The third-order valence-electron chi connectivity index (χ3n) is 6.12. The Morgan fingerprint density at radius 3 is 2.68 bits per heavy atom. The van der Waals surface area contributed by atoms with Gasteiger partial charge in [-0.1, -0.05) is 17.7 Å². The molecule has 3 heterocycles. The summed E-state index contributed by atoms with van der Waals surface area (Å²) in [4.78, 5) is 36.6. The molecule has 1 aromatic carbocycles. The summed E-state index contributed by atoms with van der Waals surface area (Å²) in [5.74, 6) is 0.331. The number of halogens is 1. The molecule has 3 N–H and O–H groups in total. The number of aliphatic hydroxyl groups is 1. The molecule has 11 nitrogen and oxygen atoms in total. The number of amides is 2. The highest BCUT2D eigenvalue weighted by molar-refractivity contribution is 6.30. The van der Waals surface area contributed by atoms with E-state index in [0.717, 1.165) is 25.9 Å². The molecule has 0 unspecified atom stereocenters. The molecule has 0 bridgehead atoms. The van der Waals surface area contributed by atoms with Gasteiger partial charge in [-0.15, -0.1) is 0 Å². The summed E-state index contributed by atoms with van der Waals surface area (Å²) < 4.78 is 12.7. The Bertz CT molecular complexity index is 1220. The predicted octanol–water partition coefficient (Wildman–Crippen LogP) is 3.06. The van der Waals surface area contributed by atoms with Gasteiger partial charge in [0.25, 0.3) is 0 Å². The predicted molar refractivity (Wildman–Crippen MR) is 139 cm³/mol. The molecule has 0 atom stereocenters. The second-order valence-corrected chi connectivity index (χ2v) is 9.46. The number of benzene rings is 1. The Kier molecular flexibility index (Phi) is 8.80. The minimum absolute atomic E-state index is 0.0111. The summed E-state index contributed by atoms with van der Waals surface area (Å²) in [7, 11) is 0. The maximum absolute atomic E-state index is 12.8. The Balaban J connectivity index is 1.53. The average Bonchev–Trinajstić information content (AvgIpc) is 3.21. The number of piperidine rings is 1. The average molecular weight is 531 g/mol. The van der Waals surface area contributed by atoms with Gasteiger partial charge in [0.15, 0.2) is 0 Å². The molecule has 2 amide bonds. The molecule has 1 fully saturated rings. The first-order valence-electron chi connectivity index (χ1n) is 12.2. The standard InChI is InChI=1S/C25H31ClN6O5/c1-16(2)31-10-8-18(9-11-31)28-25(35)37-24-30-23-19(4-3-5-20(23)36-13-12-33)32(24)15-22(34)29-21-7-6-17(26)14-27-21/h3-7,14,16,18,33H,8-13,15H2,1-2H3,(H,28,35)(H,27,29,34). The van der Waals surface area contributed by atoms with Crippen molar-refractivity contribution in [1.82, 2.24) is 24.8 Å². The fraction of sp³-hybridized carbons (Fsp3) is 0.440. The highest BCUT2D eigenvalue weighted by Gasteiger charge is 2.25. The van der Waals surface area contributed by atoms with Crippen LogP contribution in [0.4, 0.5) is 10.6 Å². The van der Waals surface area contributed by atoms with E-state index in [9.17, 15) is 9.59 Å². The van der Waals surface area contributed by atoms with Crippen LogP contribution in [0.3, 0.4) is 0 Å². The number of rotatable bonds is 9. The van der Waals surface area contributed by atoms with Crippen molar-refractivity contribution in [2.75, 3.05) is 31.6 Å². The van der Waals surface area contributed by atoms with E-state index in [-0.39, 0.29) is 31.8 Å². The Hall–Kier alpha value is -3.41. The number of carbonyl (C=O) groups is 2. The number of nitrogens with zero attached hydrogens (tertiary/aromatic N) is 4. The third kappa shape index (κ3) is 6.88. The molecule has 1 saturated heterocycles. The van der Waals surface area contributed by atoms with Gasteiger partial charge < -0.3 is 30.1 Å². The highest BCUT2D eigenvalue weighted by atomic mass is 35.5. The van der Waals surface area contributed by atoms with Crippen molar-refractivity contribution in [1.29, 1.82) is 0 Å². The molecule has 0 radical (unpaired) electrons. The summed E-state index contributed by atoms with van der Waals surface area (Å²) in [5.41, 5.74) is 0.934. The molecule has 12 heteroatoms. The molecule has 1 aliphatic heterocycles. The largest absolute Gasteiger partial charge is 0.489 e. The minimum Gasteiger partial charge on any atom is -0.489 e. The molecule has 4 rings (SSSR count). The van der Waals surface area contributed by atoms with Gasteiger partial charge in [0, 0.05) is 31.4 Å². The van der Waals surface area contributed by atoms with Crippen molar-refractivity contribution >= 4 is 40.5 Å². The van der Waals surface area contributed by atoms with Crippen LogP contribution in [0.15, 0.2) is 36.5 Å². The smallest absolute Gasteiger partial charge is 0.415 e. The number of aliphatic hydroxyl groups excluding tert-OH is 1. The Labute approximate surface area is 219 Å². The van der Waals surface area contributed by atoms with Gasteiger partial charge in [-0.05, 0) is 51.0 Å². The van der Waals surface area contributed by atoms with Crippen LogP contribution in [-0.4, -0.2) is 74.9 Å². The molecule has 2 aromatic heterocycles. The summed E-state index contributed by atoms with van der Waals surface area (Å²) in [6.45, 7) is 5.81. The van der Waals surface area contributed by atoms with E-state index in [1.165, 1.54) is 10.8 Å². The summed E-state index contributed by atoms with van der Waals surface area (Å²) in [5, 5.41) is 15.2. The normalized spacial score (nSPS) is 14.6. The first-order valence-corrected chi connectivity index (χ1v) is 12.6. The molecular weight excluding hydrogens is 500 g/mol. The number of carbonyl (C=O) groups excluding carboxylic acids is 2. The molecule has 0 spiro atoms. The van der Waals surface area contributed by atoms with Crippen LogP contribution in [0, 0.1) is 0 Å². The zero-order valence-electron chi connectivity index (χ0n) is 20.8. The number of imidazole rings is 1. The SMILES string of the molecule is CC(C)N1CCC(NC(=O)Oc2nc3c(OCCO)cccc3n2CC(=O)Nc2ccc(Cl)cn2)CC1. The second-order valence-electron chi connectivity index (χ2n) is 9.02. The number of para-hydroxylation sites is 1. The van der Waals surface area contributed by atoms with Gasteiger partial charge in [0.2, 0.25) is 5.91 Å². The van der Waals surface area contributed by atoms with Crippen LogP contribution < -0.4 is 20.1 Å². The lowest BCUT2D eigenvalue weighted by Gasteiger charge is -2.34. The van der Waals surface area contributed by atoms with Crippen molar-refractivity contribution in [2.45, 2.75) is 45.3 Å². The van der Waals surface area contributed by atoms with Crippen LogP contribution in [-0.2, 0) is 11.3 Å². The van der Waals surface area contributed by atoms with Crippen LogP contribution in [0.25, 0.3) is 11.0 Å². The molecular formula is C25H31ClN6O5. The number of hydrogen-bond donors (Lipinski definition) is 3. The molecule has 37 heavy (non-hydrogen) atoms. The molecule has 0 aliphatic carbocycles. The first kappa shape index (κ1) is 26.6. The number of likely N-dealkylation sites (tertiary alicyclic amines) is 1. The monoisotopic (exact) mass is 530 g/mol. The number of aromatic nitrogens is 3. The van der Waals surface area contributed by atoms with Gasteiger partial charge in [-0.2, -0.15) is 4.98 Å². The maximum Gasteiger partial charge on any atom is 0.415 e. The van der Waals surface area contributed by atoms with Gasteiger partial charge in [0.05, 0.1) is 17.1 Å². The van der Waals surface area contributed by atoms with E-state index in [4.69, 9.17) is 26.2 Å². The number of pyridine rings is 1. The molecule has 1 aliphatic rings. The van der Waals surface area contributed by atoms with E-state index in [0.29, 0.717) is 33.7 Å². The molecule has 3 aromatic rings. The van der Waals surface area contributed by atoms with Crippen molar-refractivity contribution < 1.29 is 24.2 Å². The van der Waals surface area contributed by atoms with Crippen molar-refractivity contribution in [3.8, 4) is 11.8 Å². The van der Waals surface area contributed by atoms with Gasteiger partial charge in [-0.25, -0.2) is 9.78 Å². The molecule has 198 valence electrons. The number of ether oxygens (including phenoxy) is 2. The third-order valence-corrected chi connectivity index (χ3v) is 6.34.